The van der Waals surface area contributed by atoms with Crippen LogP contribution in [0.2, 0.25) is 0 Å². The van der Waals surface area contributed by atoms with E-state index in [9.17, 15) is 21.2 Å². The number of hydrogen-bond acceptors (Lipinski definition) is 6. The number of benzene rings is 2. The fourth-order valence-corrected chi connectivity index (χ4v) is 6.00. The first-order valence-electron chi connectivity index (χ1n) is 9.29. The van der Waals surface area contributed by atoms with Crippen molar-refractivity contribution < 1.29 is 25.6 Å². The first-order valence-corrected chi connectivity index (χ1v) is 12.4. The number of nitrogens with one attached hydrogen (secondary N) is 1. The largest absolute Gasteiger partial charge is 0.443 e. The molecule has 0 fully saturated rings. The molecule has 4 rings (SSSR count). The third-order valence-electron chi connectivity index (χ3n) is 4.70. The number of halogens is 1. The Hall–Kier alpha value is -3.11. The molecule has 10 heteroatoms. The van der Waals surface area contributed by atoms with E-state index in [1.165, 1.54) is 18.2 Å². The average molecular weight is 463 g/mol. The molecule has 0 spiro atoms. The standard InChI is InChI=1S/C21H19FN2O5S2/c22-16-8-9-20(30(25,26)13-14-4-3-6-17(23)10-14)18(12-16)24-31(27,28)21-11-15-5-1-2-7-19(15)29-21/h1-7,9-12,16,24H,8,13,23H2. The Morgan fingerprint density at radius 2 is 1.84 bits per heavy atom. The molecule has 162 valence electrons. The predicted molar refractivity (Wildman–Crippen MR) is 116 cm³/mol. The molecule has 3 N–H and O–H groups in total. The van der Waals surface area contributed by atoms with Gasteiger partial charge in [0.1, 0.15) is 11.8 Å². The third-order valence-corrected chi connectivity index (χ3v) is 7.69. The highest BCUT2D eigenvalue weighted by Gasteiger charge is 2.30. The Kier molecular flexibility index (Phi) is 5.36. The van der Waals surface area contributed by atoms with Gasteiger partial charge in [0.15, 0.2) is 9.84 Å². The molecule has 0 aliphatic heterocycles. The van der Waals surface area contributed by atoms with Crippen LogP contribution in [0.3, 0.4) is 0 Å². The first kappa shape index (κ1) is 21.1. The van der Waals surface area contributed by atoms with E-state index in [0.29, 0.717) is 22.2 Å². The zero-order valence-corrected chi connectivity index (χ0v) is 17.8. The monoisotopic (exact) mass is 462 g/mol. The summed E-state index contributed by atoms with van der Waals surface area (Å²) in [5, 5.41) is 0.164. The van der Waals surface area contributed by atoms with Crippen LogP contribution in [0.4, 0.5) is 10.1 Å². The summed E-state index contributed by atoms with van der Waals surface area (Å²) in [4.78, 5) is -0.288. The zero-order valence-electron chi connectivity index (χ0n) is 16.2. The summed E-state index contributed by atoms with van der Waals surface area (Å²) in [5.74, 6) is -0.412. The van der Waals surface area contributed by atoms with Crippen LogP contribution in [0.25, 0.3) is 11.0 Å². The van der Waals surface area contributed by atoms with Gasteiger partial charge in [-0.25, -0.2) is 12.8 Å². The van der Waals surface area contributed by atoms with E-state index < -0.39 is 36.9 Å². The molecule has 3 aromatic rings. The molecule has 1 atom stereocenters. The number of sulfone groups is 1. The van der Waals surface area contributed by atoms with Crippen LogP contribution < -0.4 is 10.5 Å². The number of alkyl halides is 1. The number of allylic oxidation sites excluding steroid dienone is 2. The maximum Gasteiger partial charge on any atom is 0.295 e. The van der Waals surface area contributed by atoms with Crippen molar-refractivity contribution in [3.8, 4) is 0 Å². The lowest BCUT2D eigenvalue weighted by molar-refractivity contribution is 0.398. The topological polar surface area (TPSA) is 119 Å². The van der Waals surface area contributed by atoms with Gasteiger partial charge in [0, 0.05) is 23.6 Å². The quantitative estimate of drug-likeness (QED) is 0.542. The molecule has 0 saturated heterocycles. The number of para-hydroxylation sites is 1. The highest BCUT2D eigenvalue weighted by Crippen LogP contribution is 2.29. The Morgan fingerprint density at radius 1 is 1.06 bits per heavy atom. The lowest BCUT2D eigenvalue weighted by Gasteiger charge is -2.19. The van der Waals surface area contributed by atoms with Crippen molar-refractivity contribution >= 4 is 36.5 Å². The first-order chi connectivity index (χ1) is 14.6. The second-order valence-corrected chi connectivity index (χ2v) is 10.7. The summed E-state index contributed by atoms with van der Waals surface area (Å²) in [7, 11) is -8.29. The van der Waals surface area contributed by atoms with Gasteiger partial charge in [0.05, 0.1) is 16.4 Å². The number of furan rings is 1. The molecule has 0 amide bonds. The molecule has 0 radical (unpaired) electrons. The van der Waals surface area contributed by atoms with E-state index >= 15 is 0 Å². The smallest absolute Gasteiger partial charge is 0.295 e. The van der Waals surface area contributed by atoms with E-state index in [1.807, 2.05) is 0 Å². The molecule has 2 aromatic carbocycles. The van der Waals surface area contributed by atoms with Crippen LogP contribution in [0, 0.1) is 0 Å². The average Bonchev–Trinajstić information content (AvgIpc) is 3.12. The molecule has 0 saturated carbocycles. The van der Waals surface area contributed by atoms with Gasteiger partial charge in [-0.1, -0.05) is 36.4 Å². The molecule has 1 unspecified atom stereocenters. The highest BCUT2D eigenvalue weighted by molar-refractivity contribution is 7.95. The minimum absolute atomic E-state index is 0.179. The lowest BCUT2D eigenvalue weighted by Crippen LogP contribution is -2.29. The molecule has 1 aliphatic rings. The summed E-state index contributed by atoms with van der Waals surface area (Å²) in [6, 6.07) is 14.4. The summed E-state index contributed by atoms with van der Waals surface area (Å²) in [5.41, 5.74) is 6.55. The minimum Gasteiger partial charge on any atom is -0.443 e. The van der Waals surface area contributed by atoms with Crippen LogP contribution in [-0.2, 0) is 25.6 Å². The second-order valence-electron chi connectivity index (χ2n) is 7.11. The molecule has 1 aliphatic carbocycles. The van der Waals surface area contributed by atoms with E-state index in [1.54, 1.807) is 42.5 Å². The maximum atomic E-state index is 14.0. The summed E-state index contributed by atoms with van der Waals surface area (Å²) in [6.45, 7) is 0. The van der Waals surface area contributed by atoms with Crippen molar-refractivity contribution in [3.63, 3.8) is 0 Å². The van der Waals surface area contributed by atoms with Crippen LogP contribution in [0.15, 0.2) is 86.9 Å². The van der Waals surface area contributed by atoms with E-state index in [0.717, 1.165) is 6.08 Å². The second kappa shape index (κ2) is 7.86. The van der Waals surface area contributed by atoms with Crippen molar-refractivity contribution in [1.82, 2.24) is 4.72 Å². The SMILES string of the molecule is Nc1cccc(CS(=O)(=O)C2=CCC(F)C=C2NS(=O)(=O)c2cc3ccccc3o2)c1. The van der Waals surface area contributed by atoms with Crippen molar-refractivity contribution in [2.45, 2.75) is 23.4 Å². The summed E-state index contributed by atoms with van der Waals surface area (Å²) in [6.07, 6.45) is 0.427. The molecule has 31 heavy (non-hydrogen) atoms. The number of nitrogens with two attached hydrogens (primary N) is 1. The van der Waals surface area contributed by atoms with Crippen molar-refractivity contribution in [2.75, 3.05) is 5.73 Å². The number of nitrogen functional groups attached to an aromatic ring is 1. The fraction of sp³-hybridized carbons (Fsp3) is 0.143. The Bertz CT molecular complexity index is 1390. The van der Waals surface area contributed by atoms with Crippen molar-refractivity contribution in [2.24, 2.45) is 0 Å². The zero-order chi connectivity index (χ0) is 22.2. The Balaban J connectivity index is 1.66. The maximum absolute atomic E-state index is 14.0. The van der Waals surface area contributed by atoms with Gasteiger partial charge in [-0.2, -0.15) is 8.42 Å². The van der Waals surface area contributed by atoms with Gasteiger partial charge >= 0.3 is 0 Å². The van der Waals surface area contributed by atoms with Gasteiger partial charge in [0.2, 0.25) is 5.09 Å². The van der Waals surface area contributed by atoms with E-state index in [2.05, 4.69) is 4.72 Å². The number of fused-ring (bicyclic) bond motifs is 1. The van der Waals surface area contributed by atoms with Gasteiger partial charge in [-0.05, 0) is 29.8 Å². The van der Waals surface area contributed by atoms with Gasteiger partial charge in [-0.3, -0.25) is 4.72 Å². The molecule has 0 bridgehead atoms. The van der Waals surface area contributed by atoms with Crippen molar-refractivity contribution in [1.29, 1.82) is 0 Å². The third kappa shape index (κ3) is 4.49. The number of rotatable bonds is 6. The molecular formula is C21H19FN2O5S2. The molecular weight excluding hydrogens is 443 g/mol. The normalized spacial score (nSPS) is 17.3. The minimum atomic E-state index is -4.29. The van der Waals surface area contributed by atoms with Crippen LogP contribution >= 0.6 is 0 Å². The van der Waals surface area contributed by atoms with Crippen LogP contribution in [0.1, 0.15) is 12.0 Å². The summed E-state index contributed by atoms with van der Waals surface area (Å²) < 4.78 is 73.3. The van der Waals surface area contributed by atoms with Gasteiger partial charge < -0.3 is 10.2 Å². The number of anilines is 1. The Morgan fingerprint density at radius 3 is 2.58 bits per heavy atom. The van der Waals surface area contributed by atoms with E-state index in [4.69, 9.17) is 10.2 Å². The highest BCUT2D eigenvalue weighted by atomic mass is 32.2. The van der Waals surface area contributed by atoms with Gasteiger partial charge in [0.25, 0.3) is 10.0 Å². The molecule has 1 heterocycles. The van der Waals surface area contributed by atoms with Crippen LogP contribution in [-0.4, -0.2) is 23.0 Å². The summed E-state index contributed by atoms with van der Waals surface area (Å²) >= 11 is 0. The van der Waals surface area contributed by atoms with E-state index in [-0.39, 0.29) is 17.0 Å². The Labute approximate surface area is 179 Å². The molecule has 1 aromatic heterocycles. The molecule has 7 nitrogen and oxygen atoms in total. The van der Waals surface area contributed by atoms with Crippen LogP contribution in [0.5, 0.6) is 0 Å². The van der Waals surface area contributed by atoms with Gasteiger partial charge in [-0.15, -0.1) is 0 Å². The predicted octanol–water partition coefficient (Wildman–Crippen LogP) is 3.42. The lowest BCUT2D eigenvalue weighted by atomic mass is 10.1. The number of hydrogen-bond donors (Lipinski definition) is 2. The fourth-order valence-electron chi connectivity index (χ4n) is 3.30. The van der Waals surface area contributed by atoms with Crippen molar-refractivity contribution in [3.05, 3.63) is 82.9 Å². The number of sulfonamides is 1.